The number of aryl methyl sites for hydroxylation is 1. The molecule has 0 aliphatic rings. The zero-order chi connectivity index (χ0) is 13.8. The molecule has 1 aromatic rings. The number of urea groups is 1. The third-order valence-electron chi connectivity index (χ3n) is 2.27. The van der Waals surface area contributed by atoms with Gasteiger partial charge in [-0.15, -0.1) is 0 Å². The maximum atomic E-state index is 11.3. The van der Waals surface area contributed by atoms with Crippen molar-refractivity contribution in [1.29, 1.82) is 0 Å². The van der Waals surface area contributed by atoms with E-state index in [4.69, 9.17) is 5.11 Å². The number of hydrogen-bond donors (Lipinski definition) is 4. The first-order valence-electron chi connectivity index (χ1n) is 5.26. The summed E-state index contributed by atoms with van der Waals surface area (Å²) in [5.74, 6) is -1.39. The number of carbonyl (C=O) groups excluding carboxylic acids is 1. The molecule has 2 amide bonds. The number of aliphatic carboxylic acids is 1. The van der Waals surface area contributed by atoms with Crippen LogP contribution in [0.5, 0.6) is 0 Å². The number of nitrogens with one attached hydrogen (secondary N) is 2. The topological polar surface area (TPSA) is 116 Å². The van der Waals surface area contributed by atoms with Crippen molar-refractivity contribution >= 4 is 12.0 Å². The first kappa shape index (κ1) is 14.0. The number of amides is 2. The SMILES string of the molecule is Cn1cc(CNC(=O)NCC(C)(O)C(=O)O)cn1. The number of aromatic nitrogens is 2. The van der Waals surface area contributed by atoms with Crippen LogP contribution < -0.4 is 10.6 Å². The molecular formula is C10H16N4O4. The number of nitrogens with zero attached hydrogens (tertiary/aromatic N) is 2. The van der Waals surface area contributed by atoms with E-state index in [9.17, 15) is 14.7 Å². The average Bonchev–Trinajstić information content (AvgIpc) is 2.69. The molecule has 1 unspecified atom stereocenters. The molecule has 0 fully saturated rings. The van der Waals surface area contributed by atoms with Gasteiger partial charge in [0, 0.05) is 25.4 Å². The number of rotatable bonds is 5. The van der Waals surface area contributed by atoms with Gasteiger partial charge in [0.2, 0.25) is 0 Å². The van der Waals surface area contributed by atoms with Crippen molar-refractivity contribution in [3.05, 3.63) is 18.0 Å². The van der Waals surface area contributed by atoms with Crippen LogP contribution in [0.1, 0.15) is 12.5 Å². The van der Waals surface area contributed by atoms with Crippen LogP contribution in [0.15, 0.2) is 12.4 Å². The minimum atomic E-state index is -1.98. The highest BCUT2D eigenvalue weighted by Gasteiger charge is 2.30. The lowest BCUT2D eigenvalue weighted by Crippen LogP contribution is -2.48. The predicted octanol–water partition coefficient (Wildman–Crippen LogP) is -0.945. The van der Waals surface area contributed by atoms with Crippen molar-refractivity contribution in [3.63, 3.8) is 0 Å². The Morgan fingerprint density at radius 1 is 1.50 bits per heavy atom. The van der Waals surface area contributed by atoms with Gasteiger partial charge in [-0.05, 0) is 6.92 Å². The lowest BCUT2D eigenvalue weighted by Gasteiger charge is -2.18. The number of carboxylic acid groups (broad SMARTS) is 1. The third-order valence-corrected chi connectivity index (χ3v) is 2.27. The van der Waals surface area contributed by atoms with E-state index in [-0.39, 0.29) is 13.1 Å². The van der Waals surface area contributed by atoms with E-state index in [1.54, 1.807) is 24.1 Å². The van der Waals surface area contributed by atoms with Gasteiger partial charge in [0.05, 0.1) is 12.7 Å². The second kappa shape index (κ2) is 5.50. The molecule has 0 saturated heterocycles. The molecular weight excluding hydrogens is 240 g/mol. The molecule has 0 aliphatic carbocycles. The fourth-order valence-electron chi connectivity index (χ4n) is 1.14. The molecule has 100 valence electrons. The van der Waals surface area contributed by atoms with Crippen molar-refractivity contribution in [1.82, 2.24) is 20.4 Å². The van der Waals surface area contributed by atoms with Gasteiger partial charge in [0.15, 0.2) is 5.60 Å². The van der Waals surface area contributed by atoms with Gasteiger partial charge in [0.25, 0.3) is 0 Å². The smallest absolute Gasteiger partial charge is 0.337 e. The Morgan fingerprint density at radius 3 is 2.67 bits per heavy atom. The second-order valence-electron chi connectivity index (χ2n) is 4.14. The summed E-state index contributed by atoms with van der Waals surface area (Å²) in [7, 11) is 1.76. The van der Waals surface area contributed by atoms with E-state index in [1.807, 2.05) is 0 Å². The summed E-state index contributed by atoms with van der Waals surface area (Å²) in [5, 5.41) is 26.7. The van der Waals surface area contributed by atoms with Crippen molar-refractivity contribution in [2.75, 3.05) is 6.54 Å². The number of hydrogen-bond acceptors (Lipinski definition) is 4. The molecule has 0 spiro atoms. The molecule has 1 rings (SSSR count). The lowest BCUT2D eigenvalue weighted by atomic mass is 10.1. The minimum absolute atomic E-state index is 0.273. The van der Waals surface area contributed by atoms with E-state index < -0.39 is 17.6 Å². The Kier molecular flexibility index (Phi) is 4.27. The quantitative estimate of drug-likeness (QED) is 0.542. The summed E-state index contributed by atoms with van der Waals surface area (Å²) in [5.41, 5.74) is -1.16. The molecule has 0 radical (unpaired) electrons. The van der Waals surface area contributed by atoms with Gasteiger partial charge in [0.1, 0.15) is 0 Å². The van der Waals surface area contributed by atoms with Crippen LogP contribution >= 0.6 is 0 Å². The summed E-state index contributed by atoms with van der Waals surface area (Å²) in [6.45, 7) is 1.01. The highest BCUT2D eigenvalue weighted by Crippen LogP contribution is 2.00. The van der Waals surface area contributed by atoms with Crippen LogP contribution in [-0.4, -0.2) is 44.1 Å². The summed E-state index contributed by atoms with van der Waals surface area (Å²) in [6.07, 6.45) is 3.35. The zero-order valence-electron chi connectivity index (χ0n) is 10.2. The Hall–Kier alpha value is -2.09. The van der Waals surface area contributed by atoms with Crippen molar-refractivity contribution in [2.24, 2.45) is 7.05 Å². The van der Waals surface area contributed by atoms with Crippen LogP contribution in [0.2, 0.25) is 0 Å². The maximum Gasteiger partial charge on any atom is 0.337 e. The molecule has 0 aliphatic heterocycles. The van der Waals surface area contributed by atoms with Gasteiger partial charge >= 0.3 is 12.0 Å². The Balaban J connectivity index is 2.32. The molecule has 1 aromatic heterocycles. The van der Waals surface area contributed by atoms with Gasteiger partial charge in [-0.2, -0.15) is 5.10 Å². The third kappa shape index (κ3) is 4.06. The normalized spacial score (nSPS) is 13.7. The average molecular weight is 256 g/mol. The van der Waals surface area contributed by atoms with E-state index in [0.717, 1.165) is 12.5 Å². The highest BCUT2D eigenvalue weighted by atomic mass is 16.4. The Morgan fingerprint density at radius 2 is 2.17 bits per heavy atom. The molecule has 0 aromatic carbocycles. The predicted molar refractivity (Wildman–Crippen MR) is 61.7 cm³/mol. The molecule has 8 nitrogen and oxygen atoms in total. The van der Waals surface area contributed by atoms with Gasteiger partial charge in [-0.25, -0.2) is 9.59 Å². The fourth-order valence-corrected chi connectivity index (χ4v) is 1.14. The van der Waals surface area contributed by atoms with Crippen LogP contribution in [0.25, 0.3) is 0 Å². The molecule has 1 heterocycles. The largest absolute Gasteiger partial charge is 0.479 e. The van der Waals surface area contributed by atoms with Crippen LogP contribution in [0.3, 0.4) is 0 Å². The second-order valence-corrected chi connectivity index (χ2v) is 4.14. The standard InChI is InChI=1S/C10H16N4O4/c1-10(18,8(15)16)6-12-9(17)11-3-7-4-13-14(2)5-7/h4-5,18H,3,6H2,1-2H3,(H,15,16)(H2,11,12,17). The minimum Gasteiger partial charge on any atom is -0.479 e. The van der Waals surface area contributed by atoms with Crippen molar-refractivity contribution in [2.45, 2.75) is 19.1 Å². The summed E-state index contributed by atoms with van der Waals surface area (Å²) >= 11 is 0. The van der Waals surface area contributed by atoms with Gasteiger partial charge in [-0.1, -0.05) is 0 Å². The monoisotopic (exact) mass is 256 g/mol. The van der Waals surface area contributed by atoms with E-state index in [1.165, 1.54) is 0 Å². The highest BCUT2D eigenvalue weighted by molar-refractivity contribution is 5.79. The first-order valence-corrected chi connectivity index (χ1v) is 5.26. The molecule has 0 bridgehead atoms. The summed E-state index contributed by atoms with van der Waals surface area (Å²) < 4.78 is 1.60. The van der Waals surface area contributed by atoms with E-state index >= 15 is 0 Å². The number of carbonyl (C=O) groups is 2. The number of carboxylic acids is 1. The zero-order valence-corrected chi connectivity index (χ0v) is 10.2. The van der Waals surface area contributed by atoms with E-state index in [0.29, 0.717) is 0 Å². The molecule has 0 saturated carbocycles. The summed E-state index contributed by atoms with van der Waals surface area (Å²) in [4.78, 5) is 21.9. The number of aliphatic hydroxyl groups is 1. The Bertz CT molecular complexity index is 441. The molecule has 1 atom stereocenters. The molecule has 18 heavy (non-hydrogen) atoms. The lowest BCUT2D eigenvalue weighted by molar-refractivity contribution is -0.155. The van der Waals surface area contributed by atoms with Gasteiger partial charge < -0.3 is 20.8 Å². The van der Waals surface area contributed by atoms with E-state index in [2.05, 4.69) is 15.7 Å². The van der Waals surface area contributed by atoms with Gasteiger partial charge in [-0.3, -0.25) is 4.68 Å². The maximum absolute atomic E-state index is 11.3. The van der Waals surface area contributed by atoms with Crippen molar-refractivity contribution < 1.29 is 19.8 Å². The fraction of sp³-hybridized carbons (Fsp3) is 0.500. The Labute approximate surface area is 104 Å². The summed E-state index contributed by atoms with van der Waals surface area (Å²) in [6, 6.07) is -0.555. The van der Waals surface area contributed by atoms with Crippen molar-refractivity contribution in [3.8, 4) is 0 Å². The molecule has 4 N–H and O–H groups in total. The van der Waals surface area contributed by atoms with Crippen LogP contribution in [-0.2, 0) is 18.4 Å². The first-order chi connectivity index (χ1) is 8.31. The molecule has 8 heteroatoms. The van der Waals surface area contributed by atoms with Crippen LogP contribution in [0, 0.1) is 0 Å². The van der Waals surface area contributed by atoms with Crippen LogP contribution in [0.4, 0.5) is 4.79 Å².